The van der Waals surface area contributed by atoms with Gasteiger partial charge in [0, 0.05) is 41.1 Å². The fraction of sp³-hybridized carbons (Fsp3) is 0. The van der Waals surface area contributed by atoms with Gasteiger partial charge in [-0.2, -0.15) is 0 Å². The smallest absolute Gasteiger partial charge is 0.101 e. The predicted molar refractivity (Wildman–Crippen MR) is 199 cm³/mol. The zero-order valence-corrected chi connectivity index (χ0v) is 27.4. The lowest BCUT2D eigenvalue weighted by Gasteiger charge is -2.06. The summed E-state index contributed by atoms with van der Waals surface area (Å²) in [6.07, 6.45) is 4.03. The fourth-order valence-corrected chi connectivity index (χ4v) is 10.2. The van der Waals surface area contributed by atoms with E-state index in [-0.39, 0.29) is 0 Å². The number of benzene rings is 2. The van der Waals surface area contributed by atoms with Crippen LogP contribution in [0.1, 0.15) is 0 Å². The van der Waals surface area contributed by atoms with E-state index in [4.69, 9.17) is 9.97 Å². The standard InChI is InChI=1S/C38H22N4S4/c1-3-9-29-23(7-1)25-19-27(39-21-31(25)41(29)37-15-13-35(45-37)33-11-5-17-43-33)28-20-26-24-8-2-4-10-30(24)42(32(26)22-40-28)38-16-14-36(46-38)34-12-6-18-44-34/h1-22H. The second-order valence-corrected chi connectivity index (χ2v) is 15.1. The van der Waals surface area contributed by atoms with Crippen molar-refractivity contribution in [2.45, 2.75) is 0 Å². The summed E-state index contributed by atoms with van der Waals surface area (Å²) < 4.78 is 4.69. The maximum atomic E-state index is 5.02. The van der Waals surface area contributed by atoms with Gasteiger partial charge in [0.15, 0.2) is 0 Å². The molecule has 0 bridgehead atoms. The highest BCUT2D eigenvalue weighted by molar-refractivity contribution is 7.23. The molecule has 8 heteroatoms. The third-order valence-electron chi connectivity index (χ3n) is 8.53. The summed E-state index contributed by atoms with van der Waals surface area (Å²) in [6, 6.07) is 39.2. The monoisotopic (exact) mass is 662 g/mol. The maximum absolute atomic E-state index is 5.02. The topological polar surface area (TPSA) is 35.6 Å². The van der Waals surface area contributed by atoms with Crippen molar-refractivity contribution in [3.8, 4) is 40.9 Å². The number of hydrogen-bond donors (Lipinski definition) is 0. The minimum atomic E-state index is 0.871. The molecule has 10 aromatic rings. The van der Waals surface area contributed by atoms with Gasteiger partial charge in [-0.3, -0.25) is 19.1 Å². The van der Waals surface area contributed by atoms with Crippen molar-refractivity contribution in [1.29, 1.82) is 0 Å². The molecule has 2 aromatic carbocycles. The van der Waals surface area contributed by atoms with E-state index in [0.717, 1.165) is 22.4 Å². The fourth-order valence-electron chi connectivity index (χ4n) is 6.49. The van der Waals surface area contributed by atoms with Gasteiger partial charge < -0.3 is 0 Å². The summed E-state index contributed by atoms with van der Waals surface area (Å²) in [5.74, 6) is 0. The lowest BCUT2D eigenvalue weighted by Crippen LogP contribution is -1.93. The Balaban J connectivity index is 1.12. The summed E-state index contributed by atoms with van der Waals surface area (Å²) in [5, 5.41) is 11.4. The molecule has 10 rings (SSSR count). The third-order valence-corrected chi connectivity index (χ3v) is 12.8. The highest BCUT2D eigenvalue weighted by Crippen LogP contribution is 2.41. The highest BCUT2D eigenvalue weighted by Gasteiger charge is 2.19. The van der Waals surface area contributed by atoms with E-state index in [9.17, 15) is 0 Å². The molecule has 0 aliphatic rings. The first-order valence-electron chi connectivity index (χ1n) is 14.9. The molecule has 0 spiro atoms. The second kappa shape index (κ2) is 10.3. The summed E-state index contributed by atoms with van der Waals surface area (Å²) in [4.78, 5) is 15.2. The molecule has 0 aliphatic carbocycles. The zero-order valence-electron chi connectivity index (χ0n) is 24.1. The van der Waals surface area contributed by atoms with E-state index >= 15 is 0 Å². The van der Waals surface area contributed by atoms with Gasteiger partial charge in [0.25, 0.3) is 0 Å². The van der Waals surface area contributed by atoms with E-state index in [1.54, 1.807) is 22.7 Å². The van der Waals surface area contributed by atoms with Crippen LogP contribution >= 0.6 is 45.3 Å². The Morgan fingerprint density at radius 2 is 0.891 bits per heavy atom. The van der Waals surface area contributed by atoms with Crippen molar-refractivity contribution >= 4 is 89.0 Å². The number of pyridine rings is 2. The molecule has 0 N–H and O–H groups in total. The van der Waals surface area contributed by atoms with E-state index in [2.05, 4.69) is 129 Å². The summed E-state index contributed by atoms with van der Waals surface area (Å²) >= 11 is 7.18. The number of thiophene rings is 4. The van der Waals surface area contributed by atoms with Crippen molar-refractivity contribution in [1.82, 2.24) is 19.1 Å². The van der Waals surface area contributed by atoms with Crippen molar-refractivity contribution in [2.24, 2.45) is 0 Å². The molecular formula is C38H22N4S4. The molecule has 0 aliphatic heterocycles. The van der Waals surface area contributed by atoms with Gasteiger partial charge >= 0.3 is 0 Å². The van der Waals surface area contributed by atoms with Crippen molar-refractivity contribution in [3.63, 3.8) is 0 Å². The Kier molecular flexibility index (Phi) is 5.92. The van der Waals surface area contributed by atoms with Crippen molar-refractivity contribution in [3.05, 3.63) is 132 Å². The van der Waals surface area contributed by atoms with Crippen LogP contribution in [0.3, 0.4) is 0 Å². The van der Waals surface area contributed by atoms with Gasteiger partial charge in [-0.25, -0.2) is 0 Å². The Morgan fingerprint density at radius 1 is 0.413 bits per heavy atom. The van der Waals surface area contributed by atoms with Crippen molar-refractivity contribution < 1.29 is 0 Å². The minimum absolute atomic E-state index is 0.871. The first-order valence-corrected chi connectivity index (χ1v) is 18.3. The first kappa shape index (κ1) is 26.4. The Bertz CT molecular complexity index is 2510. The third kappa shape index (κ3) is 4.01. The van der Waals surface area contributed by atoms with E-state index in [1.165, 1.54) is 62.1 Å². The summed E-state index contributed by atoms with van der Waals surface area (Å²) in [6.45, 7) is 0. The number of para-hydroxylation sites is 2. The molecule has 0 unspecified atom stereocenters. The van der Waals surface area contributed by atoms with Crippen LogP contribution < -0.4 is 0 Å². The molecule has 0 saturated carbocycles. The molecule has 4 nitrogen and oxygen atoms in total. The van der Waals surface area contributed by atoms with E-state index in [0.29, 0.717) is 0 Å². The Labute approximate surface area is 279 Å². The average Bonchev–Trinajstić information content (AvgIpc) is 3.95. The van der Waals surface area contributed by atoms with Crippen LogP contribution in [-0.4, -0.2) is 19.1 Å². The van der Waals surface area contributed by atoms with Crippen molar-refractivity contribution in [2.75, 3.05) is 0 Å². The van der Waals surface area contributed by atoms with Gasteiger partial charge in [0.1, 0.15) is 10.0 Å². The zero-order chi connectivity index (χ0) is 30.2. The molecule has 218 valence electrons. The molecule has 46 heavy (non-hydrogen) atoms. The predicted octanol–water partition coefficient (Wildman–Crippen LogP) is 11.9. The summed E-state index contributed by atoms with van der Waals surface area (Å²) in [5.41, 5.74) is 6.30. The second-order valence-electron chi connectivity index (χ2n) is 11.1. The van der Waals surface area contributed by atoms with Gasteiger partial charge in [0.2, 0.25) is 0 Å². The van der Waals surface area contributed by atoms with E-state index in [1.807, 2.05) is 35.1 Å². The molecule has 0 fully saturated rings. The molecule has 0 saturated heterocycles. The number of fused-ring (bicyclic) bond motifs is 6. The molecule has 0 amide bonds. The van der Waals surface area contributed by atoms with Crippen LogP contribution in [0.2, 0.25) is 0 Å². The van der Waals surface area contributed by atoms with Crippen LogP contribution in [0, 0.1) is 0 Å². The molecular weight excluding hydrogens is 641 g/mol. The Hall–Kier alpha value is -4.86. The number of rotatable bonds is 5. The number of nitrogens with zero attached hydrogens (tertiary/aromatic N) is 4. The number of hydrogen-bond acceptors (Lipinski definition) is 6. The maximum Gasteiger partial charge on any atom is 0.101 e. The quantitative estimate of drug-likeness (QED) is 0.184. The van der Waals surface area contributed by atoms with Gasteiger partial charge in [0.05, 0.1) is 45.8 Å². The molecule has 8 aromatic heterocycles. The van der Waals surface area contributed by atoms with Crippen LogP contribution in [0.15, 0.2) is 132 Å². The lowest BCUT2D eigenvalue weighted by atomic mass is 10.1. The van der Waals surface area contributed by atoms with Gasteiger partial charge in [-0.15, -0.1) is 45.3 Å². The largest absolute Gasteiger partial charge is 0.299 e. The Morgan fingerprint density at radius 3 is 1.35 bits per heavy atom. The molecule has 8 heterocycles. The number of aromatic nitrogens is 4. The lowest BCUT2D eigenvalue weighted by molar-refractivity contribution is 1.19. The SMILES string of the molecule is c1csc(-c2ccc(-n3c4ccccc4c4cc(-c5cc6c7ccccc7n(-c7ccc(-c8cccs8)s7)c6cn5)ncc43)s2)c1. The van der Waals surface area contributed by atoms with E-state index < -0.39 is 0 Å². The minimum Gasteiger partial charge on any atom is -0.299 e. The average molecular weight is 663 g/mol. The molecule has 0 atom stereocenters. The first-order chi connectivity index (χ1) is 22.8. The van der Waals surface area contributed by atoms with Crippen LogP contribution in [-0.2, 0) is 0 Å². The van der Waals surface area contributed by atoms with Gasteiger partial charge in [-0.1, -0.05) is 48.5 Å². The van der Waals surface area contributed by atoms with Crippen LogP contribution in [0.5, 0.6) is 0 Å². The molecule has 0 radical (unpaired) electrons. The van der Waals surface area contributed by atoms with Gasteiger partial charge in [-0.05, 0) is 71.4 Å². The van der Waals surface area contributed by atoms with Crippen LogP contribution in [0.4, 0.5) is 0 Å². The summed E-state index contributed by atoms with van der Waals surface area (Å²) in [7, 11) is 0. The van der Waals surface area contributed by atoms with Crippen LogP contribution in [0.25, 0.3) is 84.5 Å². The normalized spacial score (nSPS) is 11.9. The highest BCUT2D eigenvalue weighted by atomic mass is 32.1.